The smallest absolute Gasteiger partial charge is 0.282 e. The minimum absolute atomic E-state index is 0.864. The number of rotatable bonds is 7. The second-order valence-corrected chi connectivity index (χ2v) is 9.33. The molecule has 5 rings (SSSR count). The Morgan fingerprint density at radius 2 is 1.42 bits per heavy atom. The van der Waals surface area contributed by atoms with E-state index in [0.717, 1.165) is 85.2 Å². The summed E-state index contributed by atoms with van der Waals surface area (Å²) in [5, 5.41) is 16.3. The van der Waals surface area contributed by atoms with Crippen LogP contribution in [0.1, 0.15) is 33.3 Å². The maximum atomic E-state index is 7.75. The van der Waals surface area contributed by atoms with Crippen molar-refractivity contribution >= 4 is 36.9 Å². The summed E-state index contributed by atoms with van der Waals surface area (Å²) in [4.78, 5) is 19.3. The summed E-state index contributed by atoms with van der Waals surface area (Å²) in [6, 6.07) is 21.5. The summed E-state index contributed by atoms with van der Waals surface area (Å²) < 4.78 is 8.96. The molecule has 2 aromatic heterocycles. The Hall–Kier alpha value is -3.26. The van der Waals surface area contributed by atoms with Gasteiger partial charge >= 0.3 is 30.6 Å². The van der Waals surface area contributed by atoms with Gasteiger partial charge in [0.1, 0.15) is 24.4 Å². The number of aliphatic hydroxyl groups excluding tert-OH is 2. The van der Waals surface area contributed by atoms with E-state index in [9.17, 15) is 0 Å². The van der Waals surface area contributed by atoms with E-state index in [-0.39, 0.29) is 0 Å². The standard InChI is InChI=1S/C32H35N4O.2CH4O.CHO.BrH.Re/c1-6-35(7-2)24-10-12-26-30(20-24)37-31-21-25(36(8-3)9-4)11-13-27(31)32(26)23-15-17-34-29(19-23)28-18-22(5)14-16-33-28;3*1-2;;/h10-21H,6-9H2,1-5H3;2*2H,1H3;1H;1H;/q+1;;;-1;;+1/p-1. The molecule has 0 amide bonds. The molecule has 8 nitrogen and oxygen atoms in total. The van der Waals surface area contributed by atoms with Crippen molar-refractivity contribution < 1.29 is 36.6 Å². The number of benzene rings is 2. The summed E-state index contributed by atoms with van der Waals surface area (Å²) in [6.07, 6.45) is 3.72. The Bertz CT molecular complexity index is 1630. The van der Waals surface area contributed by atoms with Crippen LogP contribution in [0, 0.1) is 6.92 Å². The third kappa shape index (κ3) is 9.86. The number of aryl methyl sites for hydroxylation is 1. The minimum atomic E-state index is 0.864. The molecule has 1 aliphatic carbocycles. The number of pyridine rings is 2. The number of halogens is 1. The molecule has 0 saturated carbocycles. The minimum Gasteiger partial charge on any atom is -0.545 e. The van der Waals surface area contributed by atoms with Crippen molar-refractivity contribution in [1.82, 2.24) is 14.5 Å². The van der Waals surface area contributed by atoms with E-state index in [0.29, 0.717) is 0 Å². The molecule has 0 bridgehead atoms. The average molecular weight is 851 g/mol. The predicted molar refractivity (Wildman–Crippen MR) is 186 cm³/mol. The predicted octanol–water partition coefficient (Wildman–Crippen LogP) is 6.41. The zero-order valence-corrected chi connectivity index (χ0v) is 31.4. The van der Waals surface area contributed by atoms with Crippen LogP contribution in [-0.2, 0) is 22.0 Å². The van der Waals surface area contributed by atoms with Crippen molar-refractivity contribution in [1.29, 1.82) is 0 Å². The van der Waals surface area contributed by atoms with E-state index >= 15 is 0 Å². The molecule has 0 saturated heterocycles. The van der Waals surface area contributed by atoms with E-state index in [4.69, 9.17) is 19.4 Å². The first-order valence-electron chi connectivity index (χ1n) is 14.6. The van der Waals surface area contributed by atoms with Gasteiger partial charge in [-0.2, -0.15) is 0 Å². The Kier molecular flexibility index (Phi) is 19.0. The van der Waals surface area contributed by atoms with Gasteiger partial charge in [-0.1, -0.05) is 0 Å². The number of nitrogens with zero attached hydrogens (tertiary/aromatic N) is 4. The fourth-order valence-electron chi connectivity index (χ4n) is 5.15. The fraction of sp³-hybridized carbons (Fsp3) is 0.314. The molecule has 0 fully saturated rings. The molecular formula is C35H44BrN4O4Re. The first-order valence-corrected chi connectivity index (χ1v) is 20.5. The zero-order valence-electron chi connectivity index (χ0n) is 27.1. The summed E-state index contributed by atoms with van der Waals surface area (Å²) in [5.74, 6) is 0.885. The van der Waals surface area contributed by atoms with Crippen LogP contribution >= 0.6 is 13.4 Å². The third-order valence-corrected chi connectivity index (χ3v) is 7.17. The fourth-order valence-corrected chi connectivity index (χ4v) is 5.15. The summed E-state index contributed by atoms with van der Waals surface area (Å²) >= 11 is 4.53. The molecule has 2 N–H and O–H groups in total. The maximum absolute atomic E-state index is 7.75. The molecule has 1 aliphatic heterocycles. The summed E-state index contributed by atoms with van der Waals surface area (Å²) in [5.41, 5.74) is 8.32. The molecule has 0 radical (unpaired) electrons. The van der Waals surface area contributed by atoms with Crippen LogP contribution in [0.5, 0.6) is 0 Å². The normalized spacial score (nSPS) is 9.76. The molecule has 0 atom stereocenters. The number of aromatic nitrogens is 2. The first kappa shape index (κ1) is 39.8. The van der Waals surface area contributed by atoms with Gasteiger partial charge in [-0.15, -0.1) is 0 Å². The first-order chi connectivity index (χ1) is 22.1. The van der Waals surface area contributed by atoms with Gasteiger partial charge in [-0.3, -0.25) is 16.8 Å². The monoisotopic (exact) mass is 850 g/mol. The van der Waals surface area contributed by atoms with Gasteiger partial charge in [0.05, 0.1) is 17.5 Å². The van der Waals surface area contributed by atoms with Crippen molar-refractivity contribution in [3.8, 4) is 33.8 Å². The van der Waals surface area contributed by atoms with E-state index in [1.165, 1.54) is 33.8 Å². The topological polar surface area (TPSA) is 103 Å². The van der Waals surface area contributed by atoms with Crippen molar-refractivity contribution in [2.75, 3.05) is 45.3 Å². The van der Waals surface area contributed by atoms with E-state index in [1.807, 2.05) is 18.5 Å². The Morgan fingerprint density at radius 1 is 0.822 bits per heavy atom. The van der Waals surface area contributed by atoms with E-state index in [2.05, 4.69) is 129 Å². The van der Waals surface area contributed by atoms with Crippen LogP contribution in [0.15, 0.2) is 77.5 Å². The number of fused-ring (bicyclic) bond motifs is 2. The molecule has 0 spiro atoms. The molecule has 1 aromatic carbocycles. The van der Waals surface area contributed by atoms with Gasteiger partial charge in [0.25, 0.3) is 0 Å². The SMILES string of the molecule is CCN(CC)c1ccc2c(-c3ccnc(-c4cc(C)ccn4)c3)c3ccc(=[N+](CC)CC)cc-3oc2c1.CO.CO.[Br][Re].[CH-]=O. The summed E-state index contributed by atoms with van der Waals surface area (Å²) in [7, 11) is 2.00. The molecule has 2 aliphatic rings. The van der Waals surface area contributed by atoms with Crippen LogP contribution in [0.25, 0.3) is 44.8 Å². The number of hydrogen-bond donors (Lipinski definition) is 2. The average Bonchev–Trinajstić information content (AvgIpc) is 3.11. The van der Waals surface area contributed by atoms with Gasteiger partial charge < -0.3 is 24.3 Å². The van der Waals surface area contributed by atoms with E-state index < -0.39 is 0 Å². The van der Waals surface area contributed by atoms with Crippen molar-refractivity contribution in [2.45, 2.75) is 34.6 Å². The van der Waals surface area contributed by atoms with Crippen LogP contribution in [0.2, 0.25) is 0 Å². The van der Waals surface area contributed by atoms with Gasteiger partial charge in [-0.25, -0.2) is 4.58 Å². The Balaban J connectivity index is 0.00000117. The molecular weight excluding hydrogens is 807 g/mol. The molecule has 0 unspecified atom stereocenters. The largest absolute Gasteiger partial charge is 0.545 e. The molecule has 3 heterocycles. The van der Waals surface area contributed by atoms with Crippen molar-refractivity contribution in [3.05, 3.63) is 84.0 Å². The Labute approximate surface area is 284 Å². The zero-order chi connectivity index (χ0) is 33.9. The number of anilines is 1. The molecule has 3 aromatic rings. The van der Waals surface area contributed by atoms with Gasteiger partial charge in [0.2, 0.25) is 5.36 Å². The maximum Gasteiger partial charge on any atom is -0.282 e. The van der Waals surface area contributed by atoms with Gasteiger partial charge in [0.15, 0.2) is 0 Å². The van der Waals surface area contributed by atoms with E-state index in [1.54, 1.807) is 0 Å². The number of carbonyl (C=O) groups excluding carboxylic acids is 1. The van der Waals surface area contributed by atoms with Crippen molar-refractivity contribution in [3.63, 3.8) is 0 Å². The number of aliphatic hydroxyl groups is 2. The van der Waals surface area contributed by atoms with Crippen molar-refractivity contribution in [2.24, 2.45) is 0 Å². The number of hydrogen-bond acceptors (Lipinski definition) is 7. The van der Waals surface area contributed by atoms with Crippen LogP contribution in [-0.4, -0.2) is 67.4 Å². The second-order valence-electron chi connectivity index (χ2n) is 9.33. The summed E-state index contributed by atoms with van der Waals surface area (Å²) in [6.45, 7) is 17.9. The quantitative estimate of drug-likeness (QED) is 0.0845. The van der Waals surface area contributed by atoms with Crippen LogP contribution in [0.4, 0.5) is 5.69 Å². The Morgan fingerprint density at radius 3 is 2.00 bits per heavy atom. The molecule has 10 heteroatoms. The molecule has 242 valence electrons. The van der Waals surface area contributed by atoms with Gasteiger partial charge in [0, 0.05) is 74.0 Å². The second kappa shape index (κ2) is 21.5. The molecule has 45 heavy (non-hydrogen) atoms. The van der Waals surface area contributed by atoms with Crippen LogP contribution in [0.3, 0.4) is 0 Å². The van der Waals surface area contributed by atoms with Crippen LogP contribution < -0.4 is 14.8 Å². The van der Waals surface area contributed by atoms with Gasteiger partial charge in [-0.05, 0) is 88.2 Å². The third-order valence-electron chi connectivity index (χ3n) is 7.17.